The summed E-state index contributed by atoms with van der Waals surface area (Å²) in [4.78, 5) is 26.6. The van der Waals surface area contributed by atoms with Crippen molar-refractivity contribution in [1.29, 1.82) is 0 Å². The van der Waals surface area contributed by atoms with Gasteiger partial charge in [0.05, 0.1) is 6.04 Å². The number of benzene rings is 3. The Hall–Kier alpha value is -3.51. The van der Waals surface area contributed by atoms with Gasteiger partial charge in [0, 0.05) is 35.1 Å². The zero-order valence-corrected chi connectivity index (χ0v) is 22.0. The van der Waals surface area contributed by atoms with Crippen LogP contribution >= 0.6 is 11.6 Å². The van der Waals surface area contributed by atoms with E-state index in [1.54, 1.807) is 6.92 Å². The molecule has 0 aromatic heterocycles. The van der Waals surface area contributed by atoms with Crippen LogP contribution in [-0.4, -0.2) is 23.6 Å². The molecular weight excluding hydrogens is 474 g/mol. The van der Waals surface area contributed by atoms with Gasteiger partial charge in [-0.05, 0) is 99.3 Å². The standard InChI is InChI=1S/C29H32ClN3O3/c1-18-15-26(31-23-12-10-22(30)11-13-23)25-17-21(9-14-27(25)33(18)19(2)34)20-7-6-8-24(16-20)32-28(35)36-29(3,4)5/h6-14,16-18,26,31H,15H2,1-5H3,(H,32,35)/t18-,26+/m0/s1. The highest BCUT2D eigenvalue weighted by molar-refractivity contribution is 6.30. The quantitative estimate of drug-likeness (QED) is 0.382. The van der Waals surface area contributed by atoms with Crippen molar-refractivity contribution in [1.82, 2.24) is 0 Å². The molecule has 0 saturated carbocycles. The third-order valence-corrected chi connectivity index (χ3v) is 6.30. The fraction of sp³-hybridized carbons (Fsp3) is 0.310. The number of carbonyl (C=O) groups excluding carboxylic acids is 2. The molecule has 1 aliphatic heterocycles. The van der Waals surface area contributed by atoms with Crippen molar-refractivity contribution >= 4 is 40.7 Å². The Morgan fingerprint density at radius 2 is 1.67 bits per heavy atom. The molecule has 0 radical (unpaired) electrons. The zero-order valence-electron chi connectivity index (χ0n) is 21.3. The summed E-state index contributed by atoms with van der Waals surface area (Å²) in [6.45, 7) is 9.16. The van der Waals surface area contributed by atoms with Gasteiger partial charge in [0.15, 0.2) is 0 Å². The van der Waals surface area contributed by atoms with E-state index in [2.05, 4.69) is 23.6 Å². The summed E-state index contributed by atoms with van der Waals surface area (Å²) in [5.74, 6) is 0.0185. The van der Waals surface area contributed by atoms with Gasteiger partial charge >= 0.3 is 6.09 Å². The Balaban J connectivity index is 1.68. The highest BCUT2D eigenvalue weighted by Gasteiger charge is 2.32. The Kier molecular flexibility index (Phi) is 7.27. The third kappa shape index (κ3) is 6.00. The molecular formula is C29H32ClN3O3. The molecule has 0 unspecified atom stereocenters. The minimum absolute atomic E-state index is 0.00907. The lowest BCUT2D eigenvalue weighted by atomic mass is 9.89. The largest absolute Gasteiger partial charge is 0.444 e. The van der Waals surface area contributed by atoms with Crippen molar-refractivity contribution in [3.63, 3.8) is 0 Å². The van der Waals surface area contributed by atoms with Crippen molar-refractivity contribution in [2.45, 2.75) is 58.7 Å². The molecule has 0 spiro atoms. The van der Waals surface area contributed by atoms with Crippen molar-refractivity contribution in [3.05, 3.63) is 77.3 Å². The van der Waals surface area contributed by atoms with Crippen LogP contribution in [0.4, 0.5) is 21.9 Å². The Labute approximate surface area is 217 Å². The van der Waals surface area contributed by atoms with Gasteiger partial charge in [-0.15, -0.1) is 0 Å². The molecule has 0 fully saturated rings. The molecule has 36 heavy (non-hydrogen) atoms. The Morgan fingerprint density at radius 3 is 2.33 bits per heavy atom. The minimum Gasteiger partial charge on any atom is -0.444 e. The fourth-order valence-corrected chi connectivity index (χ4v) is 4.73. The van der Waals surface area contributed by atoms with Crippen LogP contribution in [0.15, 0.2) is 66.7 Å². The summed E-state index contributed by atoms with van der Waals surface area (Å²) in [6, 6.07) is 21.5. The highest BCUT2D eigenvalue weighted by Crippen LogP contribution is 2.41. The number of amides is 2. The molecule has 7 heteroatoms. The van der Waals surface area contributed by atoms with E-state index in [9.17, 15) is 9.59 Å². The van der Waals surface area contributed by atoms with Crippen molar-refractivity contribution in [2.24, 2.45) is 0 Å². The van der Waals surface area contributed by atoms with E-state index in [1.165, 1.54) is 0 Å². The Bertz CT molecular complexity index is 1270. The van der Waals surface area contributed by atoms with Crippen LogP contribution in [0.3, 0.4) is 0 Å². The highest BCUT2D eigenvalue weighted by atomic mass is 35.5. The maximum Gasteiger partial charge on any atom is 0.412 e. The van der Waals surface area contributed by atoms with Gasteiger partial charge in [-0.2, -0.15) is 0 Å². The molecule has 188 valence electrons. The van der Waals surface area contributed by atoms with E-state index in [1.807, 2.05) is 86.3 Å². The van der Waals surface area contributed by atoms with Crippen LogP contribution in [0, 0.1) is 0 Å². The predicted molar refractivity (Wildman–Crippen MR) is 147 cm³/mol. The number of hydrogen-bond acceptors (Lipinski definition) is 4. The number of carbonyl (C=O) groups is 2. The maximum absolute atomic E-state index is 12.5. The number of nitrogens with one attached hydrogen (secondary N) is 2. The molecule has 2 N–H and O–H groups in total. The molecule has 3 aromatic rings. The Morgan fingerprint density at radius 1 is 0.972 bits per heavy atom. The van der Waals surface area contributed by atoms with Gasteiger partial charge in [-0.25, -0.2) is 4.79 Å². The molecule has 0 aliphatic carbocycles. The van der Waals surface area contributed by atoms with Crippen LogP contribution in [0.1, 0.15) is 52.6 Å². The number of rotatable bonds is 4. The molecule has 0 saturated heterocycles. The molecule has 1 aliphatic rings. The molecule has 6 nitrogen and oxygen atoms in total. The molecule has 2 atom stereocenters. The van der Waals surface area contributed by atoms with Crippen LogP contribution in [0.5, 0.6) is 0 Å². The predicted octanol–water partition coefficient (Wildman–Crippen LogP) is 7.65. The van der Waals surface area contributed by atoms with Crippen LogP contribution < -0.4 is 15.5 Å². The van der Waals surface area contributed by atoms with Gasteiger partial charge in [-0.3, -0.25) is 10.1 Å². The van der Waals surface area contributed by atoms with Gasteiger partial charge in [0.25, 0.3) is 0 Å². The van der Waals surface area contributed by atoms with Crippen molar-refractivity contribution < 1.29 is 14.3 Å². The summed E-state index contributed by atoms with van der Waals surface area (Å²) in [5.41, 5.74) is 4.92. The number of nitrogens with zero attached hydrogens (tertiary/aromatic N) is 1. The fourth-order valence-electron chi connectivity index (χ4n) is 4.61. The second-order valence-corrected chi connectivity index (χ2v) is 10.6. The summed E-state index contributed by atoms with van der Waals surface area (Å²) in [6.07, 6.45) is 0.266. The van der Waals surface area contributed by atoms with E-state index in [0.717, 1.165) is 34.5 Å². The van der Waals surface area contributed by atoms with Crippen molar-refractivity contribution in [2.75, 3.05) is 15.5 Å². The number of ether oxygens (including phenoxy) is 1. The van der Waals surface area contributed by atoms with E-state index < -0.39 is 11.7 Å². The summed E-state index contributed by atoms with van der Waals surface area (Å²) >= 11 is 6.07. The lowest BCUT2D eigenvalue weighted by Crippen LogP contribution is -2.43. The molecule has 4 rings (SSSR count). The average Bonchev–Trinajstić information content (AvgIpc) is 2.79. The zero-order chi connectivity index (χ0) is 26.0. The van der Waals surface area contributed by atoms with Gasteiger partial charge in [0.2, 0.25) is 5.91 Å². The first-order valence-corrected chi connectivity index (χ1v) is 12.4. The van der Waals surface area contributed by atoms with Crippen LogP contribution in [0.2, 0.25) is 5.02 Å². The summed E-state index contributed by atoms with van der Waals surface area (Å²) in [7, 11) is 0. The number of hydrogen-bond donors (Lipinski definition) is 2. The van der Waals surface area contributed by atoms with E-state index in [-0.39, 0.29) is 18.0 Å². The first-order chi connectivity index (χ1) is 17.0. The van der Waals surface area contributed by atoms with Gasteiger partial charge in [-0.1, -0.05) is 29.8 Å². The first-order valence-electron chi connectivity index (χ1n) is 12.1. The van der Waals surface area contributed by atoms with Crippen LogP contribution in [-0.2, 0) is 9.53 Å². The molecule has 0 bridgehead atoms. The third-order valence-electron chi connectivity index (χ3n) is 6.05. The molecule has 3 aromatic carbocycles. The smallest absolute Gasteiger partial charge is 0.412 e. The molecule has 2 amide bonds. The SMILES string of the molecule is CC(=O)N1c2ccc(-c3cccc(NC(=O)OC(C)(C)C)c3)cc2[C@H](Nc2ccc(Cl)cc2)C[C@@H]1C. The normalized spacial score (nSPS) is 17.2. The van der Waals surface area contributed by atoms with Gasteiger partial charge in [0.1, 0.15) is 5.60 Å². The van der Waals surface area contributed by atoms with E-state index in [0.29, 0.717) is 10.7 Å². The number of anilines is 3. The summed E-state index contributed by atoms with van der Waals surface area (Å²) < 4.78 is 5.38. The number of fused-ring (bicyclic) bond motifs is 1. The van der Waals surface area contributed by atoms with Crippen molar-refractivity contribution in [3.8, 4) is 11.1 Å². The van der Waals surface area contributed by atoms with Crippen LogP contribution in [0.25, 0.3) is 11.1 Å². The number of halogens is 1. The average molecular weight is 506 g/mol. The maximum atomic E-state index is 12.5. The lowest BCUT2D eigenvalue weighted by Gasteiger charge is -2.39. The van der Waals surface area contributed by atoms with E-state index in [4.69, 9.17) is 16.3 Å². The monoisotopic (exact) mass is 505 g/mol. The first kappa shape index (κ1) is 25.6. The van der Waals surface area contributed by atoms with E-state index >= 15 is 0 Å². The minimum atomic E-state index is -0.577. The summed E-state index contributed by atoms with van der Waals surface area (Å²) in [5, 5.41) is 7.11. The second kappa shape index (κ2) is 10.2. The topological polar surface area (TPSA) is 70.7 Å². The lowest BCUT2D eigenvalue weighted by molar-refractivity contribution is -0.117. The van der Waals surface area contributed by atoms with Gasteiger partial charge < -0.3 is 15.0 Å². The molecule has 1 heterocycles. The second-order valence-electron chi connectivity index (χ2n) is 10.2.